The second-order valence-electron chi connectivity index (χ2n) is 6.73. The molecule has 0 saturated heterocycles. The van der Waals surface area contributed by atoms with Gasteiger partial charge < -0.3 is 15.0 Å². The van der Waals surface area contributed by atoms with Crippen molar-refractivity contribution < 1.29 is 14.3 Å². The second-order valence-corrected chi connectivity index (χ2v) is 7.67. The molecule has 1 aromatic heterocycles. The molecule has 30 heavy (non-hydrogen) atoms. The van der Waals surface area contributed by atoms with E-state index in [1.165, 1.54) is 16.7 Å². The lowest BCUT2D eigenvalue weighted by atomic mass is 10.2. The Labute approximate surface area is 180 Å². The highest BCUT2D eigenvalue weighted by Gasteiger charge is 2.15. The molecule has 0 aliphatic carbocycles. The van der Waals surface area contributed by atoms with E-state index >= 15 is 0 Å². The van der Waals surface area contributed by atoms with Crippen LogP contribution in [-0.2, 0) is 9.59 Å². The first kappa shape index (κ1) is 21.4. The van der Waals surface area contributed by atoms with E-state index in [4.69, 9.17) is 4.74 Å². The van der Waals surface area contributed by atoms with Crippen LogP contribution in [0, 0.1) is 6.92 Å². The number of likely N-dealkylation sites (N-methyl/N-ethyl adjacent to an activating group) is 1. The number of rotatable bonds is 8. The number of nitrogens with one attached hydrogen (secondary N) is 1. The molecular weight excluding hydrogens is 400 g/mol. The Kier molecular flexibility index (Phi) is 7.13. The van der Waals surface area contributed by atoms with Gasteiger partial charge in [-0.1, -0.05) is 29.5 Å². The van der Waals surface area contributed by atoms with Crippen molar-refractivity contribution in [2.24, 2.45) is 0 Å². The number of carbonyl (C=O) groups is 2. The molecule has 0 fully saturated rings. The third-order valence-corrected chi connectivity index (χ3v) is 5.38. The van der Waals surface area contributed by atoms with Gasteiger partial charge in [0.2, 0.25) is 11.8 Å². The summed E-state index contributed by atoms with van der Waals surface area (Å²) in [5, 5.41) is 3.50. The minimum absolute atomic E-state index is 0.0137. The van der Waals surface area contributed by atoms with Crippen LogP contribution in [0.4, 0.5) is 5.69 Å². The molecule has 8 heteroatoms. The Balaban J connectivity index is 1.53. The van der Waals surface area contributed by atoms with E-state index in [1.807, 2.05) is 66.2 Å². The van der Waals surface area contributed by atoms with Crippen LogP contribution in [0.5, 0.6) is 5.75 Å². The number of methoxy groups -OCH3 is 1. The molecule has 0 radical (unpaired) electrons. The van der Waals surface area contributed by atoms with Gasteiger partial charge in [0.25, 0.3) is 0 Å². The number of carbonyl (C=O) groups excluding carboxylic acids is 2. The Hall–Kier alpha value is -3.26. The molecule has 2 aromatic carbocycles. The molecule has 3 aromatic rings. The zero-order valence-corrected chi connectivity index (χ0v) is 18.0. The number of nitrogens with zero attached hydrogens (tertiary/aromatic N) is 3. The third kappa shape index (κ3) is 5.64. The Morgan fingerprint density at radius 3 is 2.50 bits per heavy atom. The highest BCUT2D eigenvalue weighted by Crippen LogP contribution is 2.22. The molecule has 3 rings (SSSR count). The maximum atomic E-state index is 12.5. The molecule has 0 spiro atoms. The van der Waals surface area contributed by atoms with Gasteiger partial charge in [-0.25, -0.2) is 4.98 Å². The van der Waals surface area contributed by atoms with E-state index < -0.39 is 0 Å². The molecule has 0 bridgehead atoms. The van der Waals surface area contributed by atoms with Crippen molar-refractivity contribution in [3.8, 4) is 11.4 Å². The summed E-state index contributed by atoms with van der Waals surface area (Å²) in [7, 11) is 3.24. The van der Waals surface area contributed by atoms with Crippen LogP contribution in [0.1, 0.15) is 5.56 Å². The van der Waals surface area contributed by atoms with Crippen LogP contribution < -0.4 is 10.1 Å². The minimum atomic E-state index is -0.237. The number of ether oxygens (including phenoxy) is 1. The van der Waals surface area contributed by atoms with Crippen molar-refractivity contribution in [1.82, 2.24) is 14.5 Å². The van der Waals surface area contributed by atoms with Crippen LogP contribution in [0.15, 0.2) is 66.1 Å². The lowest BCUT2D eigenvalue weighted by molar-refractivity contribution is -0.131. The molecule has 7 nitrogen and oxygen atoms in total. The number of hydrogen-bond acceptors (Lipinski definition) is 5. The van der Waals surface area contributed by atoms with E-state index in [-0.39, 0.29) is 24.1 Å². The van der Waals surface area contributed by atoms with E-state index in [2.05, 4.69) is 10.3 Å². The molecule has 0 aliphatic rings. The van der Waals surface area contributed by atoms with Crippen LogP contribution in [0.2, 0.25) is 0 Å². The van der Waals surface area contributed by atoms with Gasteiger partial charge in [-0.05, 0) is 43.3 Å². The summed E-state index contributed by atoms with van der Waals surface area (Å²) in [5.74, 6) is 0.568. The van der Waals surface area contributed by atoms with Gasteiger partial charge in [0, 0.05) is 30.8 Å². The predicted molar refractivity (Wildman–Crippen MR) is 118 cm³/mol. The highest BCUT2D eigenvalue weighted by molar-refractivity contribution is 7.99. The maximum Gasteiger partial charge on any atom is 0.243 e. The molecule has 2 amide bonds. The highest BCUT2D eigenvalue weighted by atomic mass is 32.2. The summed E-state index contributed by atoms with van der Waals surface area (Å²) >= 11 is 1.33. The van der Waals surface area contributed by atoms with Crippen LogP contribution in [-0.4, -0.2) is 52.7 Å². The van der Waals surface area contributed by atoms with Gasteiger partial charge in [-0.3, -0.25) is 14.2 Å². The number of hydrogen-bond donors (Lipinski definition) is 1. The summed E-state index contributed by atoms with van der Waals surface area (Å²) in [5.41, 5.74) is 2.75. The lowest BCUT2D eigenvalue weighted by Gasteiger charge is -2.17. The standard InChI is InChI=1S/C22H24N4O3S/c1-16-4-6-17(7-5-16)24-20(27)14-25(2)21(28)15-30-22-23-12-13-26(22)18-8-10-19(29-3)11-9-18/h4-13H,14-15H2,1-3H3,(H,24,27). The molecule has 1 N–H and O–H groups in total. The van der Waals surface area contributed by atoms with Gasteiger partial charge in [0.05, 0.1) is 19.4 Å². The largest absolute Gasteiger partial charge is 0.497 e. The smallest absolute Gasteiger partial charge is 0.243 e. The Morgan fingerprint density at radius 1 is 1.13 bits per heavy atom. The van der Waals surface area contributed by atoms with Gasteiger partial charge in [-0.15, -0.1) is 0 Å². The quantitative estimate of drug-likeness (QED) is 0.561. The fourth-order valence-electron chi connectivity index (χ4n) is 2.71. The number of aromatic nitrogens is 2. The maximum absolute atomic E-state index is 12.5. The predicted octanol–water partition coefficient (Wildman–Crippen LogP) is 3.38. The fraction of sp³-hybridized carbons (Fsp3) is 0.227. The molecule has 1 heterocycles. The normalized spacial score (nSPS) is 10.5. The molecule has 156 valence electrons. The number of anilines is 1. The summed E-state index contributed by atoms with van der Waals surface area (Å²) in [6.07, 6.45) is 3.53. The van der Waals surface area contributed by atoms with Crippen molar-refractivity contribution in [1.29, 1.82) is 0 Å². The SMILES string of the molecule is COc1ccc(-n2ccnc2SCC(=O)N(C)CC(=O)Nc2ccc(C)cc2)cc1. The average Bonchev–Trinajstić information content (AvgIpc) is 3.22. The summed E-state index contributed by atoms with van der Waals surface area (Å²) < 4.78 is 7.09. The monoisotopic (exact) mass is 424 g/mol. The number of benzene rings is 2. The second kappa shape index (κ2) is 9.98. The van der Waals surface area contributed by atoms with Crippen molar-refractivity contribution >= 4 is 29.3 Å². The third-order valence-electron chi connectivity index (χ3n) is 4.42. The van der Waals surface area contributed by atoms with Gasteiger partial charge in [0.15, 0.2) is 5.16 Å². The molecule has 0 unspecified atom stereocenters. The van der Waals surface area contributed by atoms with E-state index in [9.17, 15) is 9.59 Å². The van der Waals surface area contributed by atoms with E-state index in [0.717, 1.165) is 17.0 Å². The first-order valence-electron chi connectivity index (χ1n) is 9.37. The van der Waals surface area contributed by atoms with Crippen molar-refractivity contribution in [2.45, 2.75) is 12.1 Å². The molecule has 0 aliphatic heterocycles. The topological polar surface area (TPSA) is 76.5 Å². The molecular formula is C22H24N4O3S. The zero-order chi connectivity index (χ0) is 21.5. The summed E-state index contributed by atoms with van der Waals surface area (Å²) in [6, 6.07) is 15.1. The first-order chi connectivity index (χ1) is 14.5. The van der Waals surface area contributed by atoms with Gasteiger partial charge in [0.1, 0.15) is 5.75 Å². The number of amides is 2. The number of thioether (sulfide) groups is 1. The molecule has 0 saturated carbocycles. The van der Waals surface area contributed by atoms with Crippen molar-refractivity contribution in [3.63, 3.8) is 0 Å². The summed E-state index contributed by atoms with van der Waals surface area (Å²) in [6.45, 7) is 1.97. The molecule has 0 atom stereocenters. The minimum Gasteiger partial charge on any atom is -0.497 e. The van der Waals surface area contributed by atoms with Crippen LogP contribution >= 0.6 is 11.8 Å². The lowest BCUT2D eigenvalue weighted by Crippen LogP contribution is -2.36. The number of imidazole rings is 1. The summed E-state index contributed by atoms with van der Waals surface area (Å²) in [4.78, 5) is 30.4. The Bertz CT molecular complexity index is 1000. The van der Waals surface area contributed by atoms with Crippen LogP contribution in [0.25, 0.3) is 5.69 Å². The average molecular weight is 425 g/mol. The zero-order valence-electron chi connectivity index (χ0n) is 17.2. The van der Waals surface area contributed by atoms with E-state index in [0.29, 0.717) is 10.8 Å². The Morgan fingerprint density at radius 2 is 1.83 bits per heavy atom. The fourth-order valence-corrected chi connectivity index (χ4v) is 3.63. The van der Waals surface area contributed by atoms with Crippen molar-refractivity contribution in [2.75, 3.05) is 31.8 Å². The number of aryl methyl sites for hydroxylation is 1. The first-order valence-corrected chi connectivity index (χ1v) is 10.4. The van der Waals surface area contributed by atoms with Crippen molar-refractivity contribution in [3.05, 3.63) is 66.5 Å². The van der Waals surface area contributed by atoms with Gasteiger partial charge >= 0.3 is 0 Å². The van der Waals surface area contributed by atoms with Crippen LogP contribution in [0.3, 0.4) is 0 Å². The van der Waals surface area contributed by atoms with E-state index in [1.54, 1.807) is 20.4 Å². The van der Waals surface area contributed by atoms with Gasteiger partial charge in [-0.2, -0.15) is 0 Å².